The Morgan fingerprint density at radius 3 is 2.50 bits per heavy atom. The fraction of sp³-hybridized carbons (Fsp3) is 0.290. The molecule has 0 aliphatic carbocycles. The summed E-state index contributed by atoms with van der Waals surface area (Å²) < 4.78 is 21.8. The zero-order valence-electron chi connectivity index (χ0n) is 23.8. The Morgan fingerprint density at radius 1 is 1.12 bits per heavy atom. The Bertz CT molecular complexity index is 1530. The number of amides is 1. The number of aromatic nitrogens is 1. The summed E-state index contributed by atoms with van der Waals surface area (Å²) in [7, 11) is 2.71. The number of aliphatic hydroxyl groups is 1. The van der Waals surface area contributed by atoms with E-state index in [-0.39, 0.29) is 27.9 Å². The van der Waals surface area contributed by atoms with E-state index < -0.39 is 23.7 Å². The first-order valence-electron chi connectivity index (χ1n) is 13.3. The highest BCUT2D eigenvalue weighted by atomic mass is 32.1. The Morgan fingerprint density at radius 2 is 1.86 bits per heavy atom. The number of aryl methyl sites for hydroxylation is 1. The minimum Gasteiger partial charge on any atom is -0.507 e. The summed E-state index contributed by atoms with van der Waals surface area (Å²) >= 11 is 0.918. The van der Waals surface area contributed by atoms with E-state index >= 15 is 0 Å². The molecule has 1 fully saturated rings. The van der Waals surface area contributed by atoms with E-state index in [0.717, 1.165) is 24.2 Å². The molecule has 4 rings (SSSR count). The van der Waals surface area contributed by atoms with E-state index in [2.05, 4.69) is 18.5 Å². The van der Waals surface area contributed by atoms with E-state index in [1.165, 1.54) is 19.1 Å². The average molecular weight is 593 g/mol. The zero-order valence-corrected chi connectivity index (χ0v) is 24.7. The third-order valence-electron chi connectivity index (χ3n) is 6.56. The molecule has 1 unspecified atom stereocenters. The standard InChI is InChI=1S/C31H32N2O8S/c1-6-8-16-40-21-12-9-19(10-13-21)26(34)24-25(20-11-14-22(41-15-7-2)23(17-20)38-4)33(29(36)27(24)35)31-32-18(3)28(42-31)30(37)39-5/h7,9-14,17,25,34H,2,6,8,15-16H2,1,3-5H3/b26-24+. The molecule has 2 aromatic carbocycles. The third-order valence-corrected chi connectivity index (χ3v) is 7.70. The van der Waals surface area contributed by atoms with Crippen molar-refractivity contribution in [3.8, 4) is 17.2 Å². The van der Waals surface area contributed by atoms with Crippen molar-refractivity contribution >= 4 is 39.9 Å². The smallest absolute Gasteiger partial charge is 0.350 e. The lowest BCUT2D eigenvalue weighted by molar-refractivity contribution is -0.132. The minimum absolute atomic E-state index is 0.102. The van der Waals surface area contributed by atoms with Crippen molar-refractivity contribution < 1.29 is 38.4 Å². The van der Waals surface area contributed by atoms with Crippen molar-refractivity contribution in [3.63, 3.8) is 0 Å². The van der Waals surface area contributed by atoms with E-state index in [1.54, 1.807) is 55.5 Å². The molecule has 1 N–H and O–H groups in total. The molecule has 1 saturated heterocycles. The van der Waals surface area contributed by atoms with Gasteiger partial charge in [-0.15, -0.1) is 0 Å². The van der Waals surface area contributed by atoms with Crippen LogP contribution in [0.25, 0.3) is 5.76 Å². The number of benzene rings is 2. The monoisotopic (exact) mass is 592 g/mol. The van der Waals surface area contributed by atoms with Gasteiger partial charge in [-0.3, -0.25) is 14.5 Å². The van der Waals surface area contributed by atoms with Gasteiger partial charge in [-0.1, -0.05) is 43.4 Å². The molecule has 220 valence electrons. The summed E-state index contributed by atoms with van der Waals surface area (Å²) in [4.78, 5) is 45.2. The number of ether oxygens (including phenoxy) is 4. The number of esters is 1. The van der Waals surface area contributed by atoms with Gasteiger partial charge in [0.1, 0.15) is 23.0 Å². The van der Waals surface area contributed by atoms with Gasteiger partial charge in [0, 0.05) is 5.56 Å². The third kappa shape index (κ3) is 6.01. The second kappa shape index (κ2) is 13.3. The van der Waals surface area contributed by atoms with Gasteiger partial charge in [0.15, 0.2) is 16.6 Å². The van der Waals surface area contributed by atoms with Crippen LogP contribution in [0, 0.1) is 6.92 Å². The second-order valence-electron chi connectivity index (χ2n) is 9.31. The zero-order chi connectivity index (χ0) is 30.4. The number of hydrogen-bond donors (Lipinski definition) is 1. The van der Waals surface area contributed by atoms with E-state index in [9.17, 15) is 19.5 Å². The number of ketones is 1. The molecule has 0 saturated carbocycles. The molecule has 1 amide bonds. The molecular formula is C31H32N2O8S. The molecule has 0 radical (unpaired) electrons. The van der Waals surface area contributed by atoms with Crippen LogP contribution in [0.2, 0.25) is 0 Å². The van der Waals surface area contributed by atoms with Crippen molar-refractivity contribution in [2.75, 3.05) is 32.3 Å². The maximum absolute atomic E-state index is 13.6. The van der Waals surface area contributed by atoms with Gasteiger partial charge in [-0.2, -0.15) is 0 Å². The SMILES string of the molecule is C=CCOc1ccc(C2/C(=C(\O)c3ccc(OCCCC)cc3)C(=O)C(=O)N2c2nc(C)c(C(=O)OC)s2)cc1OC. The molecule has 1 aliphatic rings. The van der Waals surface area contributed by atoms with Gasteiger partial charge < -0.3 is 24.1 Å². The molecule has 3 aromatic rings. The van der Waals surface area contributed by atoms with Crippen molar-refractivity contribution in [2.24, 2.45) is 0 Å². The van der Waals surface area contributed by atoms with Crippen LogP contribution >= 0.6 is 11.3 Å². The molecule has 42 heavy (non-hydrogen) atoms. The fourth-order valence-corrected chi connectivity index (χ4v) is 5.45. The first-order valence-corrected chi connectivity index (χ1v) is 14.1. The number of rotatable bonds is 12. The minimum atomic E-state index is -1.09. The number of methoxy groups -OCH3 is 2. The molecule has 1 atom stereocenters. The number of thiazole rings is 1. The lowest BCUT2D eigenvalue weighted by Crippen LogP contribution is -2.29. The van der Waals surface area contributed by atoms with Crippen molar-refractivity contribution in [1.82, 2.24) is 4.98 Å². The highest BCUT2D eigenvalue weighted by Gasteiger charge is 2.48. The Labute approximate surface area is 247 Å². The fourth-order valence-electron chi connectivity index (χ4n) is 4.43. The molecule has 1 aromatic heterocycles. The van der Waals surface area contributed by atoms with Crippen LogP contribution in [0.15, 0.2) is 60.7 Å². The van der Waals surface area contributed by atoms with Crippen LogP contribution in [0.1, 0.15) is 52.3 Å². The maximum Gasteiger partial charge on any atom is 0.350 e. The van der Waals surface area contributed by atoms with Gasteiger partial charge in [-0.05, 0) is 55.3 Å². The van der Waals surface area contributed by atoms with E-state index in [4.69, 9.17) is 18.9 Å². The molecule has 10 nitrogen and oxygen atoms in total. The number of nitrogens with zero attached hydrogens (tertiary/aromatic N) is 2. The molecule has 11 heteroatoms. The lowest BCUT2D eigenvalue weighted by atomic mass is 9.95. The van der Waals surface area contributed by atoms with Crippen LogP contribution < -0.4 is 19.1 Å². The first kappa shape index (κ1) is 30.3. The predicted molar refractivity (Wildman–Crippen MR) is 159 cm³/mol. The van der Waals surface area contributed by atoms with E-state index in [0.29, 0.717) is 40.7 Å². The number of hydrogen-bond acceptors (Lipinski definition) is 10. The average Bonchev–Trinajstić information content (AvgIpc) is 3.51. The summed E-state index contributed by atoms with van der Waals surface area (Å²) in [5, 5.41) is 11.6. The van der Waals surface area contributed by atoms with Crippen molar-refractivity contribution in [1.29, 1.82) is 0 Å². The maximum atomic E-state index is 13.6. The van der Waals surface area contributed by atoms with Crippen molar-refractivity contribution in [2.45, 2.75) is 32.7 Å². The molecule has 0 spiro atoms. The van der Waals surface area contributed by atoms with Crippen molar-refractivity contribution in [3.05, 3.63) is 82.4 Å². The Kier molecular flexibility index (Phi) is 9.64. The largest absolute Gasteiger partial charge is 0.507 e. The van der Waals surface area contributed by atoms with E-state index in [1.807, 2.05) is 0 Å². The predicted octanol–water partition coefficient (Wildman–Crippen LogP) is 5.62. The lowest BCUT2D eigenvalue weighted by Gasteiger charge is -2.24. The van der Waals surface area contributed by atoms with Crippen LogP contribution in [-0.4, -0.2) is 55.2 Å². The Hall–Kier alpha value is -4.64. The first-order chi connectivity index (χ1) is 20.2. The summed E-state index contributed by atoms with van der Waals surface area (Å²) in [6.45, 7) is 8.12. The number of unbranched alkanes of at least 4 members (excludes halogenated alkanes) is 1. The van der Waals surface area contributed by atoms with Gasteiger partial charge in [0.25, 0.3) is 5.78 Å². The van der Waals surface area contributed by atoms with Crippen LogP contribution in [0.3, 0.4) is 0 Å². The number of carbonyl (C=O) groups excluding carboxylic acids is 3. The van der Waals surface area contributed by atoms with Crippen LogP contribution in [0.4, 0.5) is 5.13 Å². The highest BCUT2D eigenvalue weighted by molar-refractivity contribution is 7.17. The summed E-state index contributed by atoms with van der Waals surface area (Å²) in [5.74, 6) is -1.40. The quantitative estimate of drug-likeness (QED) is 0.0713. The highest BCUT2D eigenvalue weighted by Crippen LogP contribution is 2.45. The van der Waals surface area contributed by atoms with Crippen LogP contribution in [0.5, 0.6) is 17.2 Å². The van der Waals surface area contributed by atoms with Gasteiger partial charge in [0.05, 0.1) is 38.1 Å². The number of Topliss-reactive ketones (excluding diaryl/α,β-unsaturated/α-hetero) is 1. The Balaban J connectivity index is 1.86. The normalized spacial score (nSPS) is 15.9. The molecule has 1 aliphatic heterocycles. The molecule has 2 heterocycles. The number of anilines is 1. The second-order valence-corrected chi connectivity index (χ2v) is 10.3. The summed E-state index contributed by atoms with van der Waals surface area (Å²) in [5.41, 5.74) is 0.968. The van der Waals surface area contributed by atoms with Crippen LogP contribution in [-0.2, 0) is 14.3 Å². The molecular weight excluding hydrogens is 560 g/mol. The van der Waals surface area contributed by atoms with Gasteiger partial charge >= 0.3 is 11.9 Å². The number of aliphatic hydroxyl groups excluding tert-OH is 1. The topological polar surface area (TPSA) is 124 Å². The summed E-state index contributed by atoms with van der Waals surface area (Å²) in [6.07, 6.45) is 3.48. The summed E-state index contributed by atoms with van der Waals surface area (Å²) in [6, 6.07) is 10.5. The van der Waals surface area contributed by atoms with Gasteiger partial charge in [-0.25, -0.2) is 9.78 Å². The van der Waals surface area contributed by atoms with Gasteiger partial charge in [0.2, 0.25) is 0 Å². The number of carbonyl (C=O) groups is 3. The molecule has 0 bridgehead atoms.